The van der Waals surface area contributed by atoms with Crippen molar-refractivity contribution in [3.63, 3.8) is 0 Å². The van der Waals surface area contributed by atoms with E-state index in [9.17, 15) is 13.2 Å². The Hall–Kier alpha value is -2.72. The molecule has 3 rings (SSSR count). The molecule has 0 amide bonds. The highest BCUT2D eigenvalue weighted by atomic mass is 32.1. The molecular formula is C19H20F3N3O3S. The summed E-state index contributed by atoms with van der Waals surface area (Å²) in [5.74, 6) is -1.80. The van der Waals surface area contributed by atoms with E-state index in [2.05, 4.69) is 51.4 Å². The van der Waals surface area contributed by atoms with Gasteiger partial charge in [-0.15, -0.1) is 11.3 Å². The van der Waals surface area contributed by atoms with Crippen molar-refractivity contribution >= 4 is 33.3 Å². The Labute approximate surface area is 169 Å². The summed E-state index contributed by atoms with van der Waals surface area (Å²) in [4.78, 5) is 21.0. The molecule has 0 saturated carbocycles. The highest BCUT2D eigenvalue weighted by Gasteiger charge is 2.38. The fraction of sp³-hybridized carbons (Fsp3) is 0.316. The lowest BCUT2D eigenvalue weighted by molar-refractivity contribution is -0.192. The maximum Gasteiger partial charge on any atom is 0.490 e. The number of fused-ring (bicyclic) bond motifs is 1. The quantitative estimate of drug-likeness (QED) is 0.651. The monoisotopic (exact) mass is 427 g/mol. The number of aromatic nitrogens is 2. The maximum atomic E-state index is 10.6. The predicted octanol–water partition coefficient (Wildman–Crippen LogP) is 4.38. The van der Waals surface area contributed by atoms with Crippen LogP contribution in [0.3, 0.4) is 0 Å². The summed E-state index contributed by atoms with van der Waals surface area (Å²) in [5, 5.41) is 10.4. The van der Waals surface area contributed by atoms with Gasteiger partial charge in [-0.25, -0.2) is 14.8 Å². The number of anilines is 1. The number of aliphatic carboxylic acids is 1. The van der Waals surface area contributed by atoms with Crippen molar-refractivity contribution in [2.45, 2.75) is 13.1 Å². The molecule has 0 fully saturated rings. The van der Waals surface area contributed by atoms with Crippen LogP contribution >= 0.6 is 11.3 Å². The zero-order valence-corrected chi connectivity index (χ0v) is 16.8. The number of hydrogen-bond acceptors (Lipinski definition) is 6. The van der Waals surface area contributed by atoms with Crippen molar-refractivity contribution in [2.75, 3.05) is 32.2 Å². The molecule has 0 saturated heterocycles. The summed E-state index contributed by atoms with van der Waals surface area (Å²) in [6.45, 7) is 3.57. The van der Waals surface area contributed by atoms with Crippen LogP contribution in [-0.4, -0.2) is 54.5 Å². The fourth-order valence-corrected chi connectivity index (χ4v) is 3.34. The average molecular weight is 427 g/mol. The average Bonchev–Trinajstić information content (AvgIpc) is 3.10. The molecule has 0 atom stereocenters. The van der Waals surface area contributed by atoms with Gasteiger partial charge in [-0.2, -0.15) is 13.2 Å². The number of carbonyl (C=O) groups is 1. The molecule has 2 aromatic heterocycles. The SMILES string of the molecule is COCCN(C)c1ncnc2scc(-c3ccc(C)cc3)c12.O=C(O)C(F)(F)F. The molecule has 6 nitrogen and oxygen atoms in total. The smallest absolute Gasteiger partial charge is 0.475 e. The minimum atomic E-state index is -5.08. The van der Waals surface area contributed by atoms with Crippen LogP contribution < -0.4 is 4.90 Å². The van der Waals surface area contributed by atoms with E-state index in [0.717, 1.165) is 22.6 Å². The highest BCUT2D eigenvalue weighted by molar-refractivity contribution is 7.17. The molecular weight excluding hydrogens is 407 g/mol. The van der Waals surface area contributed by atoms with Gasteiger partial charge in [0.1, 0.15) is 17.0 Å². The van der Waals surface area contributed by atoms with Crippen molar-refractivity contribution in [1.29, 1.82) is 0 Å². The number of carboxylic acids is 1. The molecule has 0 aliphatic rings. The number of aryl methyl sites for hydroxylation is 1. The predicted molar refractivity (Wildman–Crippen MR) is 106 cm³/mol. The first-order chi connectivity index (χ1) is 13.6. The van der Waals surface area contributed by atoms with E-state index in [1.165, 1.54) is 16.7 Å². The molecule has 2 heterocycles. The molecule has 0 bridgehead atoms. The van der Waals surface area contributed by atoms with Crippen LogP contribution in [0.1, 0.15) is 5.56 Å². The van der Waals surface area contributed by atoms with Crippen molar-refractivity contribution in [2.24, 2.45) is 0 Å². The molecule has 0 aliphatic heterocycles. The third-order valence-corrected chi connectivity index (χ3v) is 4.83. The van der Waals surface area contributed by atoms with E-state index >= 15 is 0 Å². The van der Waals surface area contributed by atoms with E-state index in [4.69, 9.17) is 14.6 Å². The van der Waals surface area contributed by atoms with Gasteiger partial charge in [-0.1, -0.05) is 29.8 Å². The summed E-state index contributed by atoms with van der Waals surface area (Å²) in [6.07, 6.45) is -3.45. The van der Waals surface area contributed by atoms with Gasteiger partial charge < -0.3 is 14.7 Å². The van der Waals surface area contributed by atoms with Crippen molar-refractivity contribution in [1.82, 2.24) is 9.97 Å². The number of ether oxygens (including phenoxy) is 1. The minimum absolute atomic E-state index is 0.673. The lowest BCUT2D eigenvalue weighted by Crippen LogP contribution is -2.23. The third-order valence-electron chi connectivity index (χ3n) is 3.95. The number of nitrogens with zero attached hydrogens (tertiary/aromatic N) is 3. The first-order valence-corrected chi connectivity index (χ1v) is 9.32. The minimum Gasteiger partial charge on any atom is -0.475 e. The summed E-state index contributed by atoms with van der Waals surface area (Å²) in [7, 11) is 3.75. The summed E-state index contributed by atoms with van der Waals surface area (Å²) in [5.41, 5.74) is 3.66. The molecule has 156 valence electrons. The lowest BCUT2D eigenvalue weighted by atomic mass is 10.0. The number of carboxylic acid groups (broad SMARTS) is 1. The number of halogens is 3. The van der Waals surface area contributed by atoms with Crippen LogP contribution in [0.25, 0.3) is 21.3 Å². The normalized spacial score (nSPS) is 11.1. The third kappa shape index (κ3) is 5.88. The van der Waals surface area contributed by atoms with Crippen molar-refractivity contribution < 1.29 is 27.8 Å². The number of methoxy groups -OCH3 is 1. The van der Waals surface area contributed by atoms with Crippen LogP contribution in [0.15, 0.2) is 36.0 Å². The van der Waals surface area contributed by atoms with E-state index in [-0.39, 0.29) is 0 Å². The van der Waals surface area contributed by atoms with E-state index in [1.54, 1.807) is 24.8 Å². The molecule has 0 spiro atoms. The summed E-state index contributed by atoms with van der Waals surface area (Å²) in [6, 6.07) is 8.58. The Morgan fingerprint density at radius 3 is 2.41 bits per heavy atom. The summed E-state index contributed by atoms with van der Waals surface area (Å²) >= 11 is 1.66. The molecule has 10 heteroatoms. The van der Waals surface area contributed by atoms with Gasteiger partial charge in [0.15, 0.2) is 0 Å². The van der Waals surface area contributed by atoms with Gasteiger partial charge in [-0.05, 0) is 12.5 Å². The Bertz CT molecular complexity index is 959. The number of hydrogen-bond donors (Lipinski definition) is 1. The number of benzene rings is 1. The Morgan fingerprint density at radius 1 is 1.24 bits per heavy atom. The second-order valence-electron chi connectivity index (χ2n) is 6.11. The zero-order chi connectivity index (χ0) is 21.6. The molecule has 1 N–H and O–H groups in total. The van der Waals surface area contributed by atoms with Crippen molar-refractivity contribution in [3.8, 4) is 11.1 Å². The molecule has 0 radical (unpaired) electrons. The van der Waals surface area contributed by atoms with Gasteiger partial charge in [0, 0.05) is 31.6 Å². The first-order valence-electron chi connectivity index (χ1n) is 8.44. The van der Waals surface area contributed by atoms with Gasteiger partial charge in [0.05, 0.1) is 12.0 Å². The molecule has 3 aromatic rings. The molecule has 0 aliphatic carbocycles. The Balaban J connectivity index is 0.000000370. The second-order valence-corrected chi connectivity index (χ2v) is 6.97. The number of thiophene rings is 1. The topological polar surface area (TPSA) is 75.5 Å². The first kappa shape index (κ1) is 22.6. The molecule has 29 heavy (non-hydrogen) atoms. The summed E-state index contributed by atoms with van der Waals surface area (Å²) < 4.78 is 36.9. The van der Waals surface area contributed by atoms with E-state index in [0.29, 0.717) is 6.61 Å². The Morgan fingerprint density at radius 2 is 1.86 bits per heavy atom. The van der Waals surface area contributed by atoms with Crippen LogP contribution in [0.4, 0.5) is 19.0 Å². The maximum absolute atomic E-state index is 10.6. The number of rotatable bonds is 5. The van der Waals surface area contributed by atoms with Crippen LogP contribution in [0, 0.1) is 6.92 Å². The lowest BCUT2D eigenvalue weighted by Gasteiger charge is -2.18. The Kier molecular flexibility index (Phi) is 7.52. The van der Waals surface area contributed by atoms with Crippen LogP contribution in [0.5, 0.6) is 0 Å². The highest BCUT2D eigenvalue weighted by Crippen LogP contribution is 2.37. The van der Waals surface area contributed by atoms with Crippen molar-refractivity contribution in [3.05, 3.63) is 41.5 Å². The van der Waals surface area contributed by atoms with E-state index < -0.39 is 12.1 Å². The van der Waals surface area contributed by atoms with E-state index in [1.807, 2.05) is 7.05 Å². The fourth-order valence-electron chi connectivity index (χ4n) is 2.43. The molecule has 0 unspecified atom stereocenters. The second kappa shape index (κ2) is 9.66. The largest absolute Gasteiger partial charge is 0.490 e. The standard InChI is InChI=1S/C17H19N3OS.C2HF3O2/c1-12-4-6-13(7-5-12)14-10-22-17-15(14)16(18-11-19-17)20(2)8-9-21-3;3-2(4,5)1(6)7/h4-7,10-11H,8-9H2,1-3H3;(H,6,7). The van der Waals surface area contributed by atoms with Gasteiger partial charge >= 0.3 is 12.1 Å². The molecule has 1 aromatic carbocycles. The van der Waals surface area contributed by atoms with Crippen LogP contribution in [-0.2, 0) is 9.53 Å². The zero-order valence-electron chi connectivity index (χ0n) is 16.0. The number of alkyl halides is 3. The van der Waals surface area contributed by atoms with Gasteiger partial charge in [0.25, 0.3) is 0 Å². The number of likely N-dealkylation sites (N-methyl/N-ethyl adjacent to an activating group) is 1. The van der Waals surface area contributed by atoms with Gasteiger partial charge in [-0.3, -0.25) is 0 Å². The van der Waals surface area contributed by atoms with Gasteiger partial charge in [0.2, 0.25) is 0 Å². The van der Waals surface area contributed by atoms with Crippen LogP contribution in [0.2, 0.25) is 0 Å².